The highest BCUT2D eigenvalue weighted by Crippen LogP contribution is 2.38. The number of fused-ring (bicyclic) bond motifs is 5. The molecule has 0 saturated carbocycles. The first-order valence-corrected chi connectivity index (χ1v) is 18.2. The minimum atomic E-state index is -2.82. The summed E-state index contributed by atoms with van der Waals surface area (Å²) in [5.74, 6) is 0. The van der Waals surface area contributed by atoms with Gasteiger partial charge in [-0.15, -0.1) is 0 Å². The molecule has 54 heavy (non-hydrogen) atoms. The first-order valence-electron chi connectivity index (χ1n) is 24.2. The number of hydrogen-bond donors (Lipinski definition) is 0. The van der Waals surface area contributed by atoms with Crippen molar-refractivity contribution in [3.05, 3.63) is 154 Å². The van der Waals surface area contributed by atoms with Gasteiger partial charge in [-0.1, -0.05) is 140 Å². The Morgan fingerprint density at radius 2 is 1.19 bits per heavy atom. The molecule has 1 aliphatic rings. The van der Waals surface area contributed by atoms with E-state index in [1.54, 1.807) is 60.3 Å². The maximum Gasteiger partial charge on any atom is 0.240 e. The lowest BCUT2D eigenvalue weighted by Crippen LogP contribution is -2.76. The van der Waals surface area contributed by atoms with E-state index in [-0.39, 0.29) is 33.4 Å². The normalized spacial score (nSPS) is 16.7. The molecule has 3 nitrogen and oxygen atoms in total. The zero-order valence-corrected chi connectivity index (χ0v) is 30.8. The lowest BCUT2D eigenvalue weighted by atomic mass is 9.20. The van der Waals surface area contributed by atoms with Gasteiger partial charge in [0, 0.05) is 44.5 Å². The van der Waals surface area contributed by atoms with Crippen LogP contribution in [0.5, 0.6) is 0 Å². The molecule has 5 aromatic carbocycles. The van der Waals surface area contributed by atoms with Crippen LogP contribution in [-0.2, 0) is 7.05 Å². The van der Waals surface area contributed by atoms with Crippen LogP contribution in [0.2, 0.25) is 0 Å². The van der Waals surface area contributed by atoms with E-state index in [0.29, 0.717) is 60.9 Å². The van der Waals surface area contributed by atoms with Gasteiger partial charge < -0.3 is 4.42 Å². The molecule has 0 amide bonds. The predicted molar refractivity (Wildman–Crippen MR) is 230 cm³/mol. The molecule has 0 radical (unpaired) electrons. The number of aromatic nitrogens is 2. The van der Waals surface area contributed by atoms with E-state index in [1.165, 1.54) is 6.20 Å². The van der Waals surface area contributed by atoms with Gasteiger partial charge in [0.1, 0.15) is 12.6 Å². The van der Waals surface area contributed by atoms with E-state index in [4.69, 9.17) is 20.9 Å². The zero-order valence-electron chi connectivity index (χ0n) is 42.8. The van der Waals surface area contributed by atoms with Crippen molar-refractivity contribution in [2.45, 2.75) is 55.1 Å². The van der Waals surface area contributed by atoms with Gasteiger partial charge in [-0.25, -0.2) is 4.57 Å². The summed E-state index contributed by atoms with van der Waals surface area (Å²) in [5, 5.41) is 1.70. The highest BCUT2D eigenvalue weighted by Gasteiger charge is 2.41. The number of nitrogens with zero attached hydrogens (tertiary/aromatic N) is 2. The van der Waals surface area contributed by atoms with E-state index >= 15 is 0 Å². The van der Waals surface area contributed by atoms with Gasteiger partial charge in [-0.2, -0.15) is 0 Å². The van der Waals surface area contributed by atoms with Crippen LogP contribution < -0.4 is 37.3 Å². The number of benzene rings is 5. The van der Waals surface area contributed by atoms with Crippen LogP contribution in [0.4, 0.5) is 0 Å². The average Bonchev–Trinajstić information content (AvgIpc) is 3.59. The minimum absolute atomic E-state index is 0.0968. The van der Waals surface area contributed by atoms with E-state index in [9.17, 15) is 0 Å². The molecule has 0 aliphatic carbocycles. The molecule has 0 spiro atoms. The standard InChI is InChI=1S/C49H45B2N2O/c1-28-20-21-36-39-23-35(8)52-26-45(39)54-49(36)46(28)44-25-38(34(7)27-53(44)9)37-24-43-42(22-33(37)6)50(47-29(2)14-12-15-30(47)3)40-18-10-11-19-41(40)51(43)48-31(4)16-13-17-32(48)5/h10-27H,1-9H3/q+1/i2D3,4D3,6D3,7D3. The third-order valence-corrected chi connectivity index (χ3v) is 11.4. The van der Waals surface area contributed by atoms with Crippen molar-refractivity contribution in [1.29, 1.82) is 0 Å². The van der Waals surface area contributed by atoms with Crippen LogP contribution in [0.15, 0.2) is 114 Å². The lowest BCUT2D eigenvalue weighted by Gasteiger charge is -2.35. The number of furan rings is 1. The molecule has 0 atom stereocenters. The van der Waals surface area contributed by atoms with Gasteiger partial charge in [-0.3, -0.25) is 4.98 Å². The highest BCUT2D eigenvalue weighted by atomic mass is 16.3. The minimum Gasteiger partial charge on any atom is -0.454 e. The molecule has 8 aromatic rings. The van der Waals surface area contributed by atoms with Gasteiger partial charge in [-0.05, 0) is 83.4 Å². The van der Waals surface area contributed by atoms with Crippen molar-refractivity contribution in [2.24, 2.45) is 7.05 Å². The largest absolute Gasteiger partial charge is 0.454 e. The van der Waals surface area contributed by atoms with Crippen molar-refractivity contribution >= 4 is 68.1 Å². The molecule has 1 aliphatic heterocycles. The Morgan fingerprint density at radius 1 is 0.574 bits per heavy atom. The third-order valence-electron chi connectivity index (χ3n) is 11.4. The summed E-state index contributed by atoms with van der Waals surface area (Å²) in [4.78, 5) is 4.44. The quantitative estimate of drug-likeness (QED) is 0.146. The zero-order chi connectivity index (χ0) is 47.6. The van der Waals surface area contributed by atoms with E-state index in [2.05, 4.69) is 4.98 Å². The summed E-state index contributed by atoms with van der Waals surface area (Å²) in [7, 11) is 1.75. The number of pyridine rings is 2. The molecule has 9 rings (SSSR count). The van der Waals surface area contributed by atoms with Crippen molar-refractivity contribution in [1.82, 2.24) is 4.98 Å². The van der Waals surface area contributed by atoms with Gasteiger partial charge in [0.15, 0.2) is 11.8 Å². The Morgan fingerprint density at radius 3 is 1.83 bits per heavy atom. The van der Waals surface area contributed by atoms with Crippen LogP contribution in [0, 0.1) is 55.1 Å². The second-order valence-corrected chi connectivity index (χ2v) is 14.7. The summed E-state index contributed by atoms with van der Waals surface area (Å²) in [5.41, 5.74) is 9.08. The van der Waals surface area contributed by atoms with E-state index in [1.807, 2.05) is 82.3 Å². The molecule has 0 bridgehead atoms. The Balaban J connectivity index is 1.45. The predicted octanol–water partition coefficient (Wildman–Crippen LogP) is 6.95. The molecule has 0 fully saturated rings. The summed E-state index contributed by atoms with van der Waals surface area (Å²) in [6, 6.07) is 28.7. The first-order chi connectivity index (χ1) is 30.9. The summed E-state index contributed by atoms with van der Waals surface area (Å²) >= 11 is 0. The average molecular weight is 712 g/mol. The highest BCUT2D eigenvalue weighted by molar-refractivity contribution is 7.11. The van der Waals surface area contributed by atoms with E-state index < -0.39 is 40.8 Å². The molecular weight excluding hydrogens is 654 g/mol. The Bertz CT molecular complexity index is 3290. The number of aryl methyl sites for hydroxylation is 9. The first kappa shape index (κ1) is 23.2. The van der Waals surface area contributed by atoms with Crippen LogP contribution in [0.1, 0.15) is 61.1 Å². The fraction of sp³-hybridized carbons (Fsp3) is 0.184. The van der Waals surface area contributed by atoms with Crippen molar-refractivity contribution in [3.8, 4) is 22.4 Å². The number of rotatable bonds is 4. The second kappa shape index (κ2) is 12.7. The molecule has 0 unspecified atom stereocenters. The lowest BCUT2D eigenvalue weighted by molar-refractivity contribution is -0.660. The van der Waals surface area contributed by atoms with Crippen molar-refractivity contribution in [3.63, 3.8) is 0 Å². The molecule has 0 N–H and O–H groups in total. The molecule has 4 heterocycles. The Kier molecular flexibility index (Phi) is 5.47. The number of hydrogen-bond acceptors (Lipinski definition) is 2. The van der Waals surface area contributed by atoms with Crippen LogP contribution in [-0.4, -0.2) is 18.4 Å². The molecule has 0 saturated heterocycles. The van der Waals surface area contributed by atoms with Gasteiger partial charge >= 0.3 is 0 Å². The smallest absolute Gasteiger partial charge is 0.240 e. The summed E-state index contributed by atoms with van der Waals surface area (Å²) in [6.45, 7) is -4.75. The van der Waals surface area contributed by atoms with Crippen molar-refractivity contribution in [2.75, 3.05) is 0 Å². The van der Waals surface area contributed by atoms with Gasteiger partial charge in [0.25, 0.3) is 0 Å². The fourth-order valence-corrected chi connectivity index (χ4v) is 8.86. The Hall–Kier alpha value is -5.67. The van der Waals surface area contributed by atoms with E-state index in [0.717, 1.165) is 27.5 Å². The Labute approximate surface area is 336 Å². The maximum atomic E-state index is 9.15. The summed E-state index contributed by atoms with van der Waals surface area (Å²) in [6.07, 6.45) is 3.20. The second-order valence-electron chi connectivity index (χ2n) is 14.7. The summed E-state index contributed by atoms with van der Waals surface area (Å²) < 4.78 is 115. The molecule has 5 heteroatoms. The van der Waals surface area contributed by atoms with Crippen LogP contribution >= 0.6 is 0 Å². The van der Waals surface area contributed by atoms with Crippen molar-refractivity contribution < 1.29 is 25.4 Å². The molecular formula is C49H45B2N2O+. The maximum absolute atomic E-state index is 9.15. The fourth-order valence-electron chi connectivity index (χ4n) is 8.86. The SMILES string of the molecule is [2H]C([2H])([2H])c1cc2c(cc1-c1cc(-c3c(C)ccc4c3oc3cnc(C)cc34)[n+](C)cc1C([2H])([2H])[2H])B(c1c(C)cccc1C([2H])([2H])[2H])c1ccccc1B2c1c(C)cccc1C([2H])([2H])[2H]. The van der Waals surface area contributed by atoms with Gasteiger partial charge in [0.05, 0.1) is 11.8 Å². The van der Waals surface area contributed by atoms with Crippen LogP contribution in [0.25, 0.3) is 44.3 Å². The molecule has 3 aromatic heterocycles. The van der Waals surface area contributed by atoms with Gasteiger partial charge in [0.2, 0.25) is 19.1 Å². The monoisotopic (exact) mass is 711 g/mol. The molecule has 262 valence electrons. The third kappa shape index (κ3) is 5.20. The topological polar surface area (TPSA) is 29.9 Å². The van der Waals surface area contributed by atoms with Crippen LogP contribution in [0.3, 0.4) is 0 Å².